The molecular formula is C36H44N8O4. The van der Waals surface area contributed by atoms with Crippen LogP contribution in [0.3, 0.4) is 0 Å². The van der Waals surface area contributed by atoms with Gasteiger partial charge in [-0.2, -0.15) is 0 Å². The Morgan fingerprint density at radius 1 is 0.854 bits per heavy atom. The van der Waals surface area contributed by atoms with Crippen molar-refractivity contribution in [1.82, 2.24) is 34.6 Å². The number of rotatable bonds is 8. The van der Waals surface area contributed by atoms with Gasteiger partial charge < -0.3 is 24.5 Å². The topological polar surface area (TPSA) is 140 Å². The summed E-state index contributed by atoms with van der Waals surface area (Å²) in [5.74, 6) is 1.29. The number of likely N-dealkylation sites (tertiary alicyclic amines) is 2. The molecule has 3 atom stereocenters. The molecule has 12 heteroatoms. The van der Waals surface area contributed by atoms with Crippen LogP contribution in [0.2, 0.25) is 0 Å². The first kappa shape index (κ1) is 33.0. The Bertz CT molecular complexity index is 1760. The van der Waals surface area contributed by atoms with Gasteiger partial charge in [0, 0.05) is 13.1 Å². The summed E-state index contributed by atoms with van der Waals surface area (Å²) >= 11 is 0. The van der Waals surface area contributed by atoms with Crippen molar-refractivity contribution in [3.8, 4) is 11.4 Å². The molecule has 0 spiro atoms. The van der Waals surface area contributed by atoms with Gasteiger partial charge >= 0.3 is 6.09 Å². The van der Waals surface area contributed by atoms with Crippen molar-refractivity contribution in [2.24, 2.45) is 0 Å². The van der Waals surface area contributed by atoms with Crippen molar-refractivity contribution < 1.29 is 19.1 Å². The molecule has 2 aliphatic heterocycles. The number of carbonyl (C=O) groups is 3. The lowest BCUT2D eigenvalue weighted by atomic mass is 10.0. The Morgan fingerprint density at radius 3 is 2.02 bits per heavy atom. The summed E-state index contributed by atoms with van der Waals surface area (Å²) in [7, 11) is 3.86. The van der Waals surface area contributed by atoms with E-state index in [9.17, 15) is 14.4 Å². The summed E-state index contributed by atoms with van der Waals surface area (Å²) in [5, 5.41) is 2.74. The van der Waals surface area contributed by atoms with Gasteiger partial charge in [-0.05, 0) is 78.2 Å². The maximum absolute atomic E-state index is 13.9. The predicted molar refractivity (Wildman–Crippen MR) is 182 cm³/mol. The van der Waals surface area contributed by atoms with Gasteiger partial charge in [-0.1, -0.05) is 42.5 Å². The second-order valence-electron chi connectivity index (χ2n) is 13.7. The minimum absolute atomic E-state index is 0.0596. The third-order valence-corrected chi connectivity index (χ3v) is 8.82. The number of hydrogen-bond acceptors (Lipinski definition) is 7. The van der Waals surface area contributed by atoms with Gasteiger partial charge in [0.15, 0.2) is 0 Å². The number of likely N-dealkylation sites (N-methyl/N-ethyl adjacent to an activating group) is 1. The molecule has 0 radical (unpaired) electrons. The molecule has 3 amide bonds. The maximum atomic E-state index is 13.9. The molecule has 12 nitrogen and oxygen atoms in total. The number of aromatic amines is 2. The number of hydrogen-bond donors (Lipinski definition) is 3. The van der Waals surface area contributed by atoms with Crippen molar-refractivity contribution in [1.29, 1.82) is 0 Å². The van der Waals surface area contributed by atoms with Gasteiger partial charge in [-0.25, -0.2) is 14.8 Å². The number of benzene rings is 2. The first-order valence-corrected chi connectivity index (χ1v) is 16.5. The fourth-order valence-corrected chi connectivity index (χ4v) is 6.70. The molecule has 2 aromatic carbocycles. The summed E-state index contributed by atoms with van der Waals surface area (Å²) in [6, 6.07) is 16.0. The summed E-state index contributed by atoms with van der Waals surface area (Å²) in [6.45, 7) is 6.61. The maximum Gasteiger partial charge on any atom is 0.412 e. The molecule has 4 aromatic rings. The first-order chi connectivity index (χ1) is 23.0. The van der Waals surface area contributed by atoms with Crippen molar-refractivity contribution >= 4 is 23.6 Å². The van der Waals surface area contributed by atoms with Gasteiger partial charge in [-0.3, -0.25) is 19.8 Å². The minimum Gasteiger partial charge on any atom is -0.444 e. The average Bonchev–Trinajstić information content (AvgIpc) is 3.86. The van der Waals surface area contributed by atoms with Crippen LogP contribution in [0.4, 0.5) is 10.5 Å². The summed E-state index contributed by atoms with van der Waals surface area (Å²) in [5.41, 5.74) is 2.60. The van der Waals surface area contributed by atoms with E-state index in [0.717, 1.165) is 48.5 Å². The SMILES string of the molecule is CN(C)[C@@H](C(=O)N1CCC[C@H]1c1ncc(-c2cnc([C@@H]3CCCN3C(=O)c3ccccc3NC(=O)OC(C)(C)C)[nH]2)[nH]1)c1ccccc1. The number of amides is 3. The highest BCUT2D eigenvalue weighted by Crippen LogP contribution is 2.36. The fraction of sp³-hybridized carbons (Fsp3) is 0.417. The molecule has 2 saturated heterocycles. The Hall–Kier alpha value is -4.97. The van der Waals surface area contributed by atoms with Crippen LogP contribution in [0.15, 0.2) is 67.0 Å². The molecule has 2 aliphatic rings. The lowest BCUT2D eigenvalue weighted by molar-refractivity contribution is -0.137. The highest BCUT2D eigenvalue weighted by molar-refractivity contribution is 6.03. The van der Waals surface area contributed by atoms with Crippen molar-refractivity contribution in [3.63, 3.8) is 0 Å². The summed E-state index contributed by atoms with van der Waals surface area (Å²) in [4.78, 5) is 62.2. The van der Waals surface area contributed by atoms with E-state index in [0.29, 0.717) is 30.2 Å². The molecule has 0 saturated carbocycles. The highest BCUT2D eigenvalue weighted by Gasteiger charge is 2.38. The summed E-state index contributed by atoms with van der Waals surface area (Å²) < 4.78 is 5.41. The van der Waals surface area contributed by atoms with E-state index < -0.39 is 11.7 Å². The standard InChI is InChI=1S/C36H44N8O4/c1-36(2,3)48-35(47)41-25-16-10-9-15-24(25)33(45)43-19-11-17-28(43)31-37-21-26(39-31)27-22-38-32(40-27)29-18-12-20-44(29)34(46)30(42(4)5)23-13-7-6-8-14-23/h6-10,13-16,21-22,28-30H,11-12,17-20H2,1-5H3,(H,37,39)(H,38,40)(H,41,47)/t28-,29-,30+/m0/s1. The Kier molecular flexibility index (Phi) is 9.36. The third kappa shape index (κ3) is 6.98. The largest absolute Gasteiger partial charge is 0.444 e. The molecule has 0 unspecified atom stereocenters. The van der Waals surface area contributed by atoms with E-state index in [1.807, 2.05) is 54.2 Å². The van der Waals surface area contributed by atoms with Crippen LogP contribution in [0.5, 0.6) is 0 Å². The van der Waals surface area contributed by atoms with Crippen molar-refractivity contribution in [3.05, 3.63) is 89.8 Å². The van der Waals surface area contributed by atoms with Crippen molar-refractivity contribution in [2.45, 2.75) is 70.2 Å². The molecule has 48 heavy (non-hydrogen) atoms. The van der Waals surface area contributed by atoms with Crippen LogP contribution in [-0.2, 0) is 9.53 Å². The zero-order valence-corrected chi connectivity index (χ0v) is 28.2. The van der Waals surface area contributed by atoms with Crippen LogP contribution in [0.25, 0.3) is 11.4 Å². The van der Waals surface area contributed by atoms with Gasteiger partial charge in [-0.15, -0.1) is 0 Å². The van der Waals surface area contributed by atoms with Crippen molar-refractivity contribution in [2.75, 3.05) is 32.5 Å². The second-order valence-corrected chi connectivity index (χ2v) is 13.7. The molecule has 3 N–H and O–H groups in total. The minimum atomic E-state index is -0.666. The number of para-hydroxylation sites is 1. The smallest absolute Gasteiger partial charge is 0.412 e. The van der Waals surface area contributed by atoms with Crippen LogP contribution in [0.1, 0.15) is 92.2 Å². The quantitative estimate of drug-likeness (QED) is 0.209. The first-order valence-electron chi connectivity index (χ1n) is 16.5. The number of nitrogens with zero attached hydrogens (tertiary/aromatic N) is 5. The summed E-state index contributed by atoms with van der Waals surface area (Å²) in [6.07, 6.45) is 6.20. The third-order valence-electron chi connectivity index (χ3n) is 8.82. The number of H-pyrrole nitrogens is 2. The highest BCUT2D eigenvalue weighted by atomic mass is 16.6. The van der Waals surface area contributed by atoms with E-state index in [2.05, 4.69) is 20.3 Å². The molecule has 6 rings (SSSR count). The monoisotopic (exact) mass is 652 g/mol. The van der Waals surface area contributed by atoms with Gasteiger partial charge in [0.25, 0.3) is 5.91 Å². The van der Waals surface area contributed by atoms with E-state index >= 15 is 0 Å². The van der Waals surface area contributed by atoms with Gasteiger partial charge in [0.1, 0.15) is 23.3 Å². The van der Waals surface area contributed by atoms with Crippen LogP contribution >= 0.6 is 0 Å². The lowest BCUT2D eigenvalue weighted by Crippen LogP contribution is -2.40. The molecule has 0 aliphatic carbocycles. The number of anilines is 1. The number of ether oxygens (including phenoxy) is 1. The second kappa shape index (κ2) is 13.6. The van der Waals surface area contributed by atoms with Gasteiger partial charge in [0.05, 0.1) is 47.1 Å². The number of aromatic nitrogens is 4. The van der Waals surface area contributed by atoms with E-state index in [4.69, 9.17) is 9.72 Å². The predicted octanol–water partition coefficient (Wildman–Crippen LogP) is 6.09. The van der Waals surface area contributed by atoms with Crippen LogP contribution in [-0.4, -0.2) is 85.3 Å². The molecule has 0 bridgehead atoms. The van der Waals surface area contributed by atoms with Gasteiger partial charge in [0.2, 0.25) is 5.91 Å². The molecule has 2 aromatic heterocycles. The number of imidazole rings is 2. The Labute approximate surface area is 280 Å². The average molecular weight is 653 g/mol. The molecular weight excluding hydrogens is 608 g/mol. The van der Waals surface area contributed by atoms with E-state index in [1.54, 1.807) is 62.3 Å². The number of carbonyl (C=O) groups excluding carboxylic acids is 3. The lowest BCUT2D eigenvalue weighted by Gasteiger charge is -2.31. The number of nitrogens with one attached hydrogen (secondary N) is 3. The zero-order valence-electron chi connectivity index (χ0n) is 28.2. The fourth-order valence-electron chi connectivity index (χ4n) is 6.70. The Balaban J connectivity index is 1.17. The van der Waals surface area contributed by atoms with Crippen LogP contribution in [0, 0.1) is 0 Å². The Morgan fingerprint density at radius 2 is 1.42 bits per heavy atom. The molecule has 4 heterocycles. The van der Waals surface area contributed by atoms with E-state index in [-0.39, 0.29) is 29.9 Å². The molecule has 2 fully saturated rings. The van der Waals surface area contributed by atoms with E-state index in [1.165, 1.54) is 0 Å². The van der Waals surface area contributed by atoms with Crippen LogP contribution < -0.4 is 5.32 Å². The molecule has 252 valence electrons. The normalized spacial score (nSPS) is 18.7. The zero-order chi connectivity index (χ0) is 34.0.